The molecule has 0 saturated heterocycles. The summed E-state index contributed by atoms with van der Waals surface area (Å²) < 4.78 is 0. The normalized spacial score (nSPS) is 10.8. The lowest BCUT2D eigenvalue weighted by molar-refractivity contribution is 0.701. The van der Waals surface area contributed by atoms with Crippen molar-refractivity contribution in [1.82, 2.24) is 5.32 Å². The molecule has 0 unspecified atom stereocenters. The van der Waals surface area contributed by atoms with Crippen LogP contribution in [0.3, 0.4) is 0 Å². The molecule has 0 aliphatic heterocycles. The lowest BCUT2D eigenvalue weighted by atomic mass is 10.2. The molecule has 0 aliphatic carbocycles. The SMILES string of the molecule is C[Si](C)(C)CC#CCCNCc1ccccc1. The maximum absolute atomic E-state index is 3.41. The minimum Gasteiger partial charge on any atom is -0.312 e. The molecule has 1 aromatic rings. The first-order chi connectivity index (χ1) is 8.08. The zero-order valence-corrected chi connectivity index (χ0v) is 12.2. The largest absolute Gasteiger partial charge is 0.312 e. The topological polar surface area (TPSA) is 12.0 Å². The number of hydrogen-bond donors (Lipinski definition) is 1. The van der Waals surface area contributed by atoms with E-state index in [0.717, 1.165) is 25.6 Å². The molecule has 1 aromatic carbocycles. The van der Waals surface area contributed by atoms with Crippen molar-refractivity contribution >= 4 is 8.07 Å². The molecule has 0 spiro atoms. The van der Waals surface area contributed by atoms with Crippen LogP contribution in [0.15, 0.2) is 30.3 Å². The van der Waals surface area contributed by atoms with E-state index < -0.39 is 8.07 Å². The van der Waals surface area contributed by atoms with Crippen molar-refractivity contribution in [2.24, 2.45) is 0 Å². The van der Waals surface area contributed by atoms with Gasteiger partial charge in [-0.1, -0.05) is 50.0 Å². The summed E-state index contributed by atoms with van der Waals surface area (Å²) in [6, 6.07) is 11.6. The summed E-state index contributed by atoms with van der Waals surface area (Å²) >= 11 is 0. The van der Waals surface area contributed by atoms with Crippen molar-refractivity contribution in [3.05, 3.63) is 35.9 Å². The van der Waals surface area contributed by atoms with E-state index in [9.17, 15) is 0 Å². The summed E-state index contributed by atoms with van der Waals surface area (Å²) in [7, 11) is -0.972. The van der Waals surface area contributed by atoms with Crippen LogP contribution in [0.4, 0.5) is 0 Å². The van der Waals surface area contributed by atoms with Gasteiger partial charge in [0.2, 0.25) is 0 Å². The molecular weight excluding hydrogens is 222 g/mol. The molecule has 1 nitrogen and oxygen atoms in total. The molecule has 0 amide bonds. The van der Waals surface area contributed by atoms with Crippen LogP contribution in [-0.2, 0) is 6.54 Å². The van der Waals surface area contributed by atoms with Crippen LogP contribution >= 0.6 is 0 Å². The number of rotatable bonds is 5. The Kier molecular flexibility index (Phi) is 6.03. The Balaban J connectivity index is 2.09. The van der Waals surface area contributed by atoms with E-state index in [-0.39, 0.29) is 0 Å². The van der Waals surface area contributed by atoms with E-state index in [1.807, 2.05) is 6.07 Å². The summed E-state index contributed by atoms with van der Waals surface area (Å²) in [4.78, 5) is 0. The Hall–Kier alpha value is -1.04. The lowest BCUT2D eigenvalue weighted by Gasteiger charge is -2.09. The summed E-state index contributed by atoms with van der Waals surface area (Å²) in [5, 5.41) is 3.41. The number of nitrogens with one attached hydrogen (secondary N) is 1. The van der Waals surface area contributed by atoms with Crippen molar-refractivity contribution in [1.29, 1.82) is 0 Å². The Morgan fingerprint density at radius 1 is 1.06 bits per heavy atom. The maximum Gasteiger partial charge on any atom is 0.0573 e. The molecule has 0 heterocycles. The summed E-state index contributed by atoms with van der Waals surface area (Å²) in [5.41, 5.74) is 1.34. The smallest absolute Gasteiger partial charge is 0.0573 e. The second-order valence-corrected chi connectivity index (χ2v) is 11.0. The predicted molar refractivity (Wildman–Crippen MR) is 78.7 cm³/mol. The highest BCUT2D eigenvalue weighted by Crippen LogP contribution is 2.05. The first-order valence-corrected chi connectivity index (χ1v) is 9.99. The standard InChI is InChI=1S/C15H23NSi/c1-17(2,3)13-9-5-8-12-16-14-15-10-6-4-7-11-15/h4,6-7,10-11,16H,8,12-14H2,1-3H3. The van der Waals surface area contributed by atoms with Gasteiger partial charge < -0.3 is 5.32 Å². The lowest BCUT2D eigenvalue weighted by Crippen LogP contribution is -2.17. The van der Waals surface area contributed by atoms with E-state index in [2.05, 4.69) is 61.1 Å². The molecule has 0 aromatic heterocycles. The molecule has 0 atom stereocenters. The van der Waals surface area contributed by atoms with Crippen molar-refractivity contribution in [3.8, 4) is 11.8 Å². The molecule has 0 fully saturated rings. The highest BCUT2D eigenvalue weighted by molar-refractivity contribution is 6.76. The molecule has 92 valence electrons. The highest BCUT2D eigenvalue weighted by atomic mass is 28.3. The van der Waals surface area contributed by atoms with Crippen molar-refractivity contribution < 1.29 is 0 Å². The minimum atomic E-state index is -0.972. The monoisotopic (exact) mass is 245 g/mol. The number of benzene rings is 1. The highest BCUT2D eigenvalue weighted by Gasteiger charge is 2.09. The van der Waals surface area contributed by atoms with Gasteiger partial charge in [-0.3, -0.25) is 0 Å². The fourth-order valence-corrected chi connectivity index (χ4v) is 2.05. The van der Waals surface area contributed by atoms with Gasteiger partial charge in [-0.2, -0.15) is 0 Å². The van der Waals surface area contributed by atoms with E-state index in [0.29, 0.717) is 0 Å². The van der Waals surface area contributed by atoms with Crippen LogP contribution < -0.4 is 5.32 Å². The minimum absolute atomic E-state index is 0.941. The van der Waals surface area contributed by atoms with E-state index >= 15 is 0 Å². The van der Waals surface area contributed by atoms with Gasteiger partial charge in [-0.25, -0.2) is 0 Å². The fraction of sp³-hybridized carbons (Fsp3) is 0.467. The third-order valence-corrected chi connectivity index (χ3v) is 3.58. The first kappa shape index (κ1) is 14.0. The van der Waals surface area contributed by atoms with Gasteiger partial charge in [0, 0.05) is 25.6 Å². The second kappa shape index (κ2) is 7.32. The molecule has 0 bridgehead atoms. The Bertz CT molecular complexity index is 367. The van der Waals surface area contributed by atoms with Gasteiger partial charge in [0.15, 0.2) is 0 Å². The van der Waals surface area contributed by atoms with Crippen LogP contribution in [0.1, 0.15) is 12.0 Å². The quantitative estimate of drug-likeness (QED) is 0.475. The summed E-state index contributed by atoms with van der Waals surface area (Å²) in [6.45, 7) is 8.99. The van der Waals surface area contributed by atoms with Gasteiger partial charge in [0.05, 0.1) is 8.07 Å². The average Bonchev–Trinajstić information content (AvgIpc) is 2.28. The average molecular weight is 245 g/mol. The van der Waals surface area contributed by atoms with Gasteiger partial charge in [0.25, 0.3) is 0 Å². The van der Waals surface area contributed by atoms with Gasteiger partial charge in [0.1, 0.15) is 0 Å². The van der Waals surface area contributed by atoms with Crippen LogP contribution in [0.25, 0.3) is 0 Å². The van der Waals surface area contributed by atoms with Crippen LogP contribution in [0.2, 0.25) is 25.7 Å². The van der Waals surface area contributed by atoms with Gasteiger partial charge >= 0.3 is 0 Å². The van der Waals surface area contributed by atoms with E-state index in [1.165, 1.54) is 5.56 Å². The third-order valence-electron chi connectivity index (χ3n) is 2.34. The Morgan fingerprint density at radius 2 is 1.76 bits per heavy atom. The molecule has 1 N–H and O–H groups in total. The number of hydrogen-bond acceptors (Lipinski definition) is 1. The third kappa shape index (κ3) is 7.79. The summed E-state index contributed by atoms with van der Waals surface area (Å²) in [6.07, 6.45) is 0.956. The molecule has 2 heteroatoms. The molecule has 17 heavy (non-hydrogen) atoms. The van der Waals surface area contributed by atoms with Crippen LogP contribution in [0, 0.1) is 11.8 Å². The van der Waals surface area contributed by atoms with Crippen molar-refractivity contribution in [2.75, 3.05) is 6.54 Å². The fourth-order valence-electron chi connectivity index (χ4n) is 1.40. The zero-order chi connectivity index (χ0) is 12.6. The van der Waals surface area contributed by atoms with Crippen molar-refractivity contribution in [3.63, 3.8) is 0 Å². The zero-order valence-electron chi connectivity index (χ0n) is 11.2. The van der Waals surface area contributed by atoms with E-state index in [4.69, 9.17) is 0 Å². The summed E-state index contributed by atoms with van der Waals surface area (Å²) in [5.74, 6) is 6.55. The maximum atomic E-state index is 3.41. The van der Waals surface area contributed by atoms with Crippen LogP contribution in [-0.4, -0.2) is 14.6 Å². The molecule has 0 radical (unpaired) electrons. The molecular formula is C15H23NSi. The molecule has 0 aliphatic rings. The van der Waals surface area contributed by atoms with Crippen LogP contribution in [0.5, 0.6) is 0 Å². The van der Waals surface area contributed by atoms with Crippen molar-refractivity contribution in [2.45, 2.75) is 38.7 Å². The predicted octanol–water partition coefficient (Wildman–Crippen LogP) is 3.51. The molecule has 1 rings (SSSR count). The first-order valence-electron chi connectivity index (χ1n) is 6.28. The Morgan fingerprint density at radius 3 is 2.41 bits per heavy atom. The Labute approximate surface area is 107 Å². The second-order valence-electron chi connectivity index (χ2n) is 5.50. The van der Waals surface area contributed by atoms with E-state index in [1.54, 1.807) is 0 Å². The van der Waals surface area contributed by atoms with Gasteiger partial charge in [-0.05, 0) is 5.56 Å². The molecule has 0 saturated carbocycles. The van der Waals surface area contributed by atoms with Gasteiger partial charge in [-0.15, -0.1) is 11.8 Å².